The molecule has 3 heterocycles. The number of anilines is 1. The summed E-state index contributed by atoms with van der Waals surface area (Å²) in [6.07, 6.45) is -0.316. The maximum atomic E-state index is 12.6. The average Bonchev–Trinajstić information content (AvgIpc) is 3.29. The van der Waals surface area contributed by atoms with Crippen molar-refractivity contribution < 1.29 is 14.4 Å². The van der Waals surface area contributed by atoms with E-state index in [-0.39, 0.29) is 5.91 Å². The van der Waals surface area contributed by atoms with E-state index in [1.54, 1.807) is 7.11 Å². The molecule has 4 rings (SSSR count). The largest absolute Gasteiger partial charge is 0.497 e. The number of pyridine rings is 1. The quantitative estimate of drug-likeness (QED) is 0.740. The van der Waals surface area contributed by atoms with E-state index in [1.807, 2.05) is 44.2 Å². The first-order valence-electron chi connectivity index (χ1n) is 8.55. The molecule has 0 bridgehead atoms. The van der Waals surface area contributed by atoms with Crippen LogP contribution in [0.4, 0.5) is 5.82 Å². The Morgan fingerprint density at radius 1 is 1.30 bits per heavy atom. The number of nitrogens with zero attached hydrogens (tertiary/aromatic N) is 3. The maximum absolute atomic E-state index is 12.6. The molecule has 1 aliphatic heterocycles. The third kappa shape index (κ3) is 3.21. The summed E-state index contributed by atoms with van der Waals surface area (Å²) >= 11 is 0. The molecule has 8 heteroatoms. The van der Waals surface area contributed by atoms with Crippen LogP contribution in [0.25, 0.3) is 11.0 Å². The Hall–Kier alpha value is -3.42. The number of aromatic amines is 1. The minimum Gasteiger partial charge on any atom is -0.497 e. The molecule has 138 valence electrons. The van der Waals surface area contributed by atoms with Gasteiger partial charge in [0.2, 0.25) is 6.10 Å². The fourth-order valence-electron chi connectivity index (χ4n) is 3.14. The van der Waals surface area contributed by atoms with Crippen molar-refractivity contribution in [3.63, 3.8) is 0 Å². The highest BCUT2D eigenvalue weighted by Gasteiger charge is 2.30. The molecule has 1 aromatic carbocycles. The molecular weight excluding hydrogens is 346 g/mol. The van der Waals surface area contributed by atoms with Crippen LogP contribution in [-0.2, 0) is 9.63 Å². The molecule has 0 saturated heterocycles. The molecule has 0 radical (unpaired) electrons. The van der Waals surface area contributed by atoms with Crippen molar-refractivity contribution in [1.82, 2.24) is 15.2 Å². The smallest absolute Gasteiger partial charge is 0.269 e. The number of aryl methyl sites for hydroxylation is 2. The Balaban J connectivity index is 1.47. The third-order valence-electron chi connectivity index (χ3n) is 4.48. The minimum absolute atomic E-state index is 0.296. The number of amides is 1. The summed E-state index contributed by atoms with van der Waals surface area (Å²) in [6, 6.07) is 9.42. The number of oxime groups is 1. The van der Waals surface area contributed by atoms with Gasteiger partial charge in [-0.2, -0.15) is 5.10 Å². The Morgan fingerprint density at radius 2 is 2.07 bits per heavy atom. The molecule has 0 aliphatic carbocycles. The van der Waals surface area contributed by atoms with Gasteiger partial charge in [0.05, 0.1) is 18.2 Å². The highest BCUT2D eigenvalue weighted by Crippen LogP contribution is 2.25. The normalized spacial score (nSPS) is 16.1. The van der Waals surface area contributed by atoms with Crippen molar-refractivity contribution in [3.8, 4) is 5.75 Å². The second kappa shape index (κ2) is 6.71. The number of methoxy groups -OCH3 is 1. The van der Waals surface area contributed by atoms with Gasteiger partial charge in [0, 0.05) is 12.1 Å². The highest BCUT2D eigenvalue weighted by atomic mass is 16.6. The number of hydrogen-bond acceptors (Lipinski definition) is 6. The zero-order valence-electron chi connectivity index (χ0n) is 15.2. The predicted octanol–water partition coefficient (Wildman–Crippen LogP) is 2.72. The second-order valence-corrected chi connectivity index (χ2v) is 6.43. The number of benzene rings is 1. The summed E-state index contributed by atoms with van der Waals surface area (Å²) in [5, 5.41) is 14.7. The van der Waals surface area contributed by atoms with Crippen molar-refractivity contribution in [2.45, 2.75) is 26.4 Å². The lowest BCUT2D eigenvalue weighted by Crippen LogP contribution is -2.28. The van der Waals surface area contributed by atoms with E-state index >= 15 is 0 Å². The number of fused-ring (bicyclic) bond motifs is 1. The van der Waals surface area contributed by atoms with Crippen molar-refractivity contribution in [2.24, 2.45) is 5.16 Å². The summed E-state index contributed by atoms with van der Waals surface area (Å²) in [5.41, 5.74) is 4.14. The highest BCUT2D eigenvalue weighted by molar-refractivity contribution is 6.07. The summed E-state index contributed by atoms with van der Waals surface area (Å²) in [4.78, 5) is 22.3. The molecular formula is C19H19N5O3. The number of carbonyl (C=O) groups is 1. The van der Waals surface area contributed by atoms with E-state index in [9.17, 15) is 4.79 Å². The lowest BCUT2D eigenvalue weighted by atomic mass is 10.0. The summed E-state index contributed by atoms with van der Waals surface area (Å²) in [5.74, 6) is 0.911. The molecule has 1 unspecified atom stereocenters. The van der Waals surface area contributed by atoms with E-state index in [0.717, 1.165) is 33.7 Å². The van der Waals surface area contributed by atoms with E-state index < -0.39 is 6.10 Å². The molecule has 1 aliphatic rings. The Labute approximate surface area is 155 Å². The van der Waals surface area contributed by atoms with Crippen LogP contribution in [0.1, 0.15) is 23.2 Å². The first-order valence-corrected chi connectivity index (χ1v) is 8.55. The van der Waals surface area contributed by atoms with Crippen LogP contribution in [0.2, 0.25) is 0 Å². The number of rotatable bonds is 4. The molecule has 8 nitrogen and oxygen atoms in total. The fraction of sp³-hybridized carbons (Fsp3) is 0.263. The molecule has 1 atom stereocenters. The SMILES string of the molecule is COc1ccc(C2=NOC(C(=O)Nc3n[nH]c4nc(C)cc(C)c34)C2)cc1. The number of H-pyrrole nitrogens is 1. The lowest BCUT2D eigenvalue weighted by Gasteiger charge is -2.08. The zero-order chi connectivity index (χ0) is 19.0. The molecule has 1 amide bonds. The molecule has 27 heavy (non-hydrogen) atoms. The van der Waals surface area contributed by atoms with Gasteiger partial charge in [-0.05, 0) is 55.3 Å². The predicted molar refractivity (Wildman–Crippen MR) is 101 cm³/mol. The summed E-state index contributed by atoms with van der Waals surface area (Å²) in [7, 11) is 1.61. The zero-order valence-corrected chi connectivity index (χ0v) is 15.2. The standard InChI is InChI=1S/C19H19N5O3/c1-10-8-11(2)20-17-16(10)18(23-22-17)21-19(25)15-9-14(24-27-15)12-4-6-13(26-3)7-5-12/h4-8,15H,9H2,1-3H3,(H2,20,21,22,23,25). The topological polar surface area (TPSA) is 101 Å². The average molecular weight is 365 g/mol. The summed E-state index contributed by atoms with van der Waals surface area (Å²) in [6.45, 7) is 3.87. The number of hydrogen-bond donors (Lipinski definition) is 2. The number of carbonyl (C=O) groups excluding carboxylic acids is 1. The first-order chi connectivity index (χ1) is 13.0. The van der Waals surface area contributed by atoms with E-state index in [4.69, 9.17) is 9.57 Å². The molecule has 3 aromatic rings. The van der Waals surface area contributed by atoms with Gasteiger partial charge in [-0.1, -0.05) is 5.16 Å². The van der Waals surface area contributed by atoms with Gasteiger partial charge < -0.3 is 14.9 Å². The van der Waals surface area contributed by atoms with Gasteiger partial charge in [0.25, 0.3) is 5.91 Å². The van der Waals surface area contributed by atoms with E-state index in [0.29, 0.717) is 17.9 Å². The molecule has 0 fully saturated rings. The number of nitrogens with one attached hydrogen (secondary N) is 2. The van der Waals surface area contributed by atoms with Gasteiger partial charge in [-0.3, -0.25) is 9.89 Å². The molecule has 2 N–H and O–H groups in total. The first kappa shape index (κ1) is 17.0. The van der Waals surface area contributed by atoms with Gasteiger partial charge in [-0.15, -0.1) is 0 Å². The van der Waals surface area contributed by atoms with Gasteiger partial charge in [0.15, 0.2) is 11.5 Å². The molecule has 2 aromatic heterocycles. The maximum Gasteiger partial charge on any atom is 0.269 e. The van der Waals surface area contributed by atoms with Crippen LogP contribution in [0, 0.1) is 13.8 Å². The van der Waals surface area contributed by atoms with Gasteiger partial charge >= 0.3 is 0 Å². The third-order valence-corrected chi connectivity index (χ3v) is 4.48. The van der Waals surface area contributed by atoms with Crippen molar-refractivity contribution in [3.05, 3.63) is 47.2 Å². The number of aromatic nitrogens is 3. The minimum atomic E-state index is -0.701. The van der Waals surface area contributed by atoms with Crippen molar-refractivity contribution in [1.29, 1.82) is 0 Å². The van der Waals surface area contributed by atoms with Crippen LogP contribution in [-0.4, -0.2) is 40.0 Å². The van der Waals surface area contributed by atoms with Crippen LogP contribution in [0.3, 0.4) is 0 Å². The second-order valence-electron chi connectivity index (χ2n) is 6.43. The van der Waals surface area contributed by atoms with Crippen LogP contribution < -0.4 is 10.1 Å². The van der Waals surface area contributed by atoms with Crippen LogP contribution in [0.15, 0.2) is 35.5 Å². The van der Waals surface area contributed by atoms with Gasteiger partial charge in [-0.25, -0.2) is 4.98 Å². The Bertz CT molecular complexity index is 1040. The van der Waals surface area contributed by atoms with Crippen LogP contribution >= 0.6 is 0 Å². The van der Waals surface area contributed by atoms with E-state index in [1.165, 1.54) is 0 Å². The van der Waals surface area contributed by atoms with Gasteiger partial charge in [0.1, 0.15) is 5.75 Å². The van der Waals surface area contributed by atoms with Crippen molar-refractivity contribution >= 4 is 28.5 Å². The lowest BCUT2D eigenvalue weighted by molar-refractivity contribution is -0.125. The fourth-order valence-corrected chi connectivity index (χ4v) is 3.14. The monoisotopic (exact) mass is 365 g/mol. The molecule has 0 spiro atoms. The Kier molecular flexibility index (Phi) is 4.23. The van der Waals surface area contributed by atoms with Crippen LogP contribution in [0.5, 0.6) is 5.75 Å². The van der Waals surface area contributed by atoms with Crippen molar-refractivity contribution in [2.75, 3.05) is 12.4 Å². The summed E-state index contributed by atoms with van der Waals surface area (Å²) < 4.78 is 5.15. The number of ether oxygens (including phenoxy) is 1. The Morgan fingerprint density at radius 3 is 2.81 bits per heavy atom. The van der Waals surface area contributed by atoms with E-state index in [2.05, 4.69) is 25.7 Å². The molecule has 0 saturated carbocycles.